The van der Waals surface area contributed by atoms with Crippen LogP contribution in [0.5, 0.6) is 0 Å². The van der Waals surface area contributed by atoms with Crippen molar-refractivity contribution in [1.82, 2.24) is 9.88 Å². The van der Waals surface area contributed by atoms with Crippen LogP contribution in [0.4, 0.5) is 0 Å². The van der Waals surface area contributed by atoms with Gasteiger partial charge in [0.05, 0.1) is 10.2 Å². The van der Waals surface area contributed by atoms with Gasteiger partial charge in [0.1, 0.15) is 5.69 Å². The van der Waals surface area contributed by atoms with Gasteiger partial charge in [-0.05, 0) is 23.1 Å². The number of ether oxygens (including phenoxy) is 1. The molecule has 0 aliphatic heterocycles. The number of rotatable bonds is 6. The van der Waals surface area contributed by atoms with E-state index in [9.17, 15) is 9.59 Å². The van der Waals surface area contributed by atoms with E-state index in [2.05, 4.69) is 5.32 Å². The van der Waals surface area contributed by atoms with Crippen LogP contribution >= 0.6 is 11.3 Å². The Morgan fingerprint density at radius 2 is 1.72 bits per heavy atom. The summed E-state index contributed by atoms with van der Waals surface area (Å²) in [7, 11) is 1.82. The topological polar surface area (TPSA) is 60.3 Å². The van der Waals surface area contributed by atoms with Gasteiger partial charge in [0.2, 0.25) is 6.10 Å². The van der Waals surface area contributed by atoms with Crippen LogP contribution < -0.4 is 5.32 Å². The molecule has 5 nitrogen and oxygen atoms in total. The minimum absolute atomic E-state index is 0.357. The SMILES string of the molecule is Cn1c(C(=O)O[C@@H](C(=O)NCc2ccccc2)c2ccccc2)cc2sccc21. The summed E-state index contributed by atoms with van der Waals surface area (Å²) in [5.41, 5.74) is 2.99. The number of benzene rings is 2. The summed E-state index contributed by atoms with van der Waals surface area (Å²) in [5.74, 6) is -0.885. The number of esters is 1. The van der Waals surface area contributed by atoms with Crippen molar-refractivity contribution in [2.75, 3.05) is 0 Å². The number of aromatic nitrogens is 1. The normalized spacial score (nSPS) is 11.9. The van der Waals surface area contributed by atoms with Gasteiger partial charge in [-0.25, -0.2) is 4.79 Å². The predicted molar refractivity (Wildman–Crippen MR) is 114 cm³/mol. The first-order valence-electron chi connectivity index (χ1n) is 9.24. The standard InChI is InChI=1S/C23H20N2O3S/c1-25-18-12-13-29-20(18)14-19(25)23(27)28-21(17-10-6-3-7-11-17)22(26)24-15-16-8-4-2-5-9-16/h2-14,21H,15H2,1H3,(H,24,26)/t21-/m1/s1. The van der Waals surface area contributed by atoms with Crippen LogP contribution in [0.15, 0.2) is 78.2 Å². The second kappa shape index (κ2) is 8.32. The van der Waals surface area contributed by atoms with E-state index in [-0.39, 0.29) is 5.91 Å². The second-order valence-electron chi connectivity index (χ2n) is 6.66. The molecule has 4 rings (SSSR count). The number of hydrogen-bond acceptors (Lipinski definition) is 4. The van der Waals surface area contributed by atoms with Crippen LogP contribution in [0, 0.1) is 0 Å². The van der Waals surface area contributed by atoms with Crippen LogP contribution in [0.3, 0.4) is 0 Å². The number of fused-ring (bicyclic) bond motifs is 1. The Hall–Kier alpha value is -3.38. The number of thiophene rings is 1. The second-order valence-corrected chi connectivity index (χ2v) is 7.61. The Kier molecular flexibility index (Phi) is 5.44. The zero-order chi connectivity index (χ0) is 20.2. The van der Waals surface area contributed by atoms with Crippen molar-refractivity contribution >= 4 is 33.4 Å². The highest BCUT2D eigenvalue weighted by Crippen LogP contribution is 2.26. The number of carbonyl (C=O) groups excluding carboxylic acids is 2. The van der Waals surface area contributed by atoms with Crippen LogP contribution in [-0.2, 0) is 23.1 Å². The van der Waals surface area contributed by atoms with Crippen molar-refractivity contribution in [3.05, 3.63) is 95.0 Å². The van der Waals surface area contributed by atoms with E-state index in [0.717, 1.165) is 15.8 Å². The van der Waals surface area contributed by atoms with Crippen LogP contribution in [0.1, 0.15) is 27.7 Å². The minimum atomic E-state index is -1.03. The average Bonchev–Trinajstić information content (AvgIpc) is 3.34. The molecule has 2 aromatic carbocycles. The summed E-state index contributed by atoms with van der Waals surface area (Å²) in [6, 6.07) is 22.4. The molecule has 0 spiro atoms. The molecule has 0 unspecified atom stereocenters. The van der Waals surface area contributed by atoms with Crippen LogP contribution in [0.2, 0.25) is 0 Å². The fourth-order valence-corrected chi connectivity index (χ4v) is 4.04. The predicted octanol–water partition coefficient (Wildman–Crippen LogP) is 4.45. The minimum Gasteiger partial charge on any atom is -0.443 e. The third-order valence-corrected chi connectivity index (χ3v) is 5.60. The van der Waals surface area contributed by atoms with Crippen molar-refractivity contribution in [2.45, 2.75) is 12.6 Å². The molecule has 0 fully saturated rings. The lowest BCUT2D eigenvalue weighted by molar-refractivity contribution is -0.130. The third kappa shape index (κ3) is 4.07. The zero-order valence-corrected chi connectivity index (χ0v) is 16.7. The maximum Gasteiger partial charge on any atom is 0.356 e. The van der Waals surface area contributed by atoms with E-state index in [1.54, 1.807) is 34.1 Å². The quantitative estimate of drug-likeness (QED) is 0.483. The van der Waals surface area contributed by atoms with Crippen molar-refractivity contribution in [1.29, 1.82) is 0 Å². The van der Waals surface area contributed by atoms with Gasteiger partial charge >= 0.3 is 5.97 Å². The maximum absolute atomic E-state index is 12.9. The van der Waals surface area contributed by atoms with Gasteiger partial charge in [-0.2, -0.15) is 0 Å². The van der Waals surface area contributed by atoms with E-state index in [1.807, 2.05) is 67.0 Å². The highest BCUT2D eigenvalue weighted by Gasteiger charge is 2.27. The van der Waals surface area contributed by atoms with Gasteiger partial charge in [-0.15, -0.1) is 11.3 Å². The molecule has 0 radical (unpaired) electrons. The fourth-order valence-electron chi connectivity index (χ4n) is 3.19. The summed E-state index contributed by atoms with van der Waals surface area (Å²) < 4.78 is 8.48. The molecule has 4 aromatic rings. The molecule has 0 aliphatic rings. The smallest absolute Gasteiger partial charge is 0.356 e. The molecule has 1 amide bonds. The molecule has 1 atom stereocenters. The van der Waals surface area contributed by atoms with Crippen LogP contribution in [0.25, 0.3) is 10.2 Å². The Morgan fingerprint density at radius 1 is 1.03 bits per heavy atom. The molecule has 0 saturated carbocycles. The lowest BCUT2D eigenvalue weighted by Crippen LogP contribution is -2.32. The monoisotopic (exact) mass is 404 g/mol. The molecule has 1 N–H and O–H groups in total. The van der Waals surface area contributed by atoms with E-state index >= 15 is 0 Å². The first-order chi connectivity index (χ1) is 14.1. The summed E-state index contributed by atoms with van der Waals surface area (Å²) in [6.45, 7) is 0.362. The van der Waals surface area contributed by atoms with Gasteiger partial charge in [-0.3, -0.25) is 4.79 Å². The molecule has 2 heterocycles. The summed E-state index contributed by atoms with van der Waals surface area (Å²) >= 11 is 1.56. The molecule has 146 valence electrons. The lowest BCUT2D eigenvalue weighted by atomic mass is 10.1. The van der Waals surface area contributed by atoms with E-state index in [4.69, 9.17) is 4.74 Å². The third-order valence-electron chi connectivity index (χ3n) is 4.75. The highest BCUT2D eigenvalue weighted by molar-refractivity contribution is 7.17. The molecule has 0 saturated heterocycles. The number of nitrogens with zero attached hydrogens (tertiary/aromatic N) is 1. The molecule has 2 aromatic heterocycles. The van der Waals surface area contributed by atoms with Gasteiger partial charge < -0.3 is 14.6 Å². The number of carbonyl (C=O) groups is 2. The number of hydrogen-bond donors (Lipinski definition) is 1. The van der Waals surface area contributed by atoms with E-state index in [1.165, 1.54) is 0 Å². The first kappa shape index (κ1) is 19.0. The largest absolute Gasteiger partial charge is 0.443 e. The Morgan fingerprint density at radius 3 is 2.41 bits per heavy atom. The first-order valence-corrected chi connectivity index (χ1v) is 10.1. The van der Waals surface area contributed by atoms with Gasteiger partial charge in [0.25, 0.3) is 5.91 Å². The highest BCUT2D eigenvalue weighted by atomic mass is 32.1. The van der Waals surface area contributed by atoms with E-state index < -0.39 is 12.1 Å². The fraction of sp³-hybridized carbons (Fsp3) is 0.130. The number of aryl methyl sites for hydroxylation is 1. The van der Waals surface area contributed by atoms with Crippen molar-refractivity contribution in [2.24, 2.45) is 7.05 Å². The Bertz CT molecular complexity index is 1130. The van der Waals surface area contributed by atoms with Crippen molar-refractivity contribution in [3.63, 3.8) is 0 Å². The van der Waals surface area contributed by atoms with Gasteiger partial charge in [0.15, 0.2) is 0 Å². The molecular formula is C23H20N2O3S. The molecule has 0 bridgehead atoms. The van der Waals surface area contributed by atoms with Crippen molar-refractivity contribution < 1.29 is 14.3 Å². The summed E-state index contributed by atoms with van der Waals surface area (Å²) in [4.78, 5) is 25.8. The summed E-state index contributed by atoms with van der Waals surface area (Å²) in [5, 5.41) is 4.85. The van der Waals surface area contributed by atoms with Gasteiger partial charge in [0, 0.05) is 19.2 Å². The zero-order valence-electron chi connectivity index (χ0n) is 15.9. The lowest BCUT2D eigenvalue weighted by Gasteiger charge is -2.18. The van der Waals surface area contributed by atoms with E-state index in [0.29, 0.717) is 17.8 Å². The Balaban J connectivity index is 1.55. The number of amides is 1. The maximum atomic E-state index is 12.9. The molecule has 0 aliphatic carbocycles. The van der Waals surface area contributed by atoms with Gasteiger partial charge in [-0.1, -0.05) is 60.7 Å². The summed E-state index contributed by atoms with van der Waals surface area (Å²) in [6.07, 6.45) is -1.03. The number of nitrogens with one attached hydrogen (secondary N) is 1. The van der Waals surface area contributed by atoms with Crippen LogP contribution in [-0.4, -0.2) is 16.4 Å². The average molecular weight is 404 g/mol. The molecule has 6 heteroatoms. The molecule has 29 heavy (non-hydrogen) atoms. The Labute approximate surface area is 172 Å². The molecular weight excluding hydrogens is 384 g/mol. The van der Waals surface area contributed by atoms with Crippen molar-refractivity contribution in [3.8, 4) is 0 Å².